The quantitative estimate of drug-likeness (QED) is 0.791. The van der Waals surface area contributed by atoms with Gasteiger partial charge in [-0.2, -0.15) is 4.98 Å². The van der Waals surface area contributed by atoms with Crippen molar-refractivity contribution >= 4 is 11.8 Å². The second-order valence-corrected chi connectivity index (χ2v) is 8.17. The van der Waals surface area contributed by atoms with Gasteiger partial charge in [-0.3, -0.25) is 0 Å². The van der Waals surface area contributed by atoms with Gasteiger partial charge >= 0.3 is 0 Å². The van der Waals surface area contributed by atoms with Crippen LogP contribution in [0.25, 0.3) is 0 Å². The van der Waals surface area contributed by atoms with E-state index < -0.39 is 6.17 Å². The first-order valence-electron chi connectivity index (χ1n) is 10.7. The van der Waals surface area contributed by atoms with Gasteiger partial charge in [0.25, 0.3) is 0 Å². The Morgan fingerprint density at radius 2 is 1.93 bits per heavy atom. The summed E-state index contributed by atoms with van der Waals surface area (Å²) in [5.74, 6) is 2.00. The SMILES string of the molecule is CCc1cc(N2CCC(NCC3CC(F)CN3)CC2)nc(N2CCCC2)n1. The van der Waals surface area contributed by atoms with Crippen LogP contribution in [0.5, 0.6) is 0 Å². The van der Waals surface area contributed by atoms with Crippen molar-refractivity contribution in [2.75, 3.05) is 49.1 Å². The molecule has 2 unspecified atom stereocenters. The third kappa shape index (κ3) is 4.69. The number of aryl methyl sites for hydroxylation is 1. The molecule has 7 heteroatoms. The molecule has 1 aromatic heterocycles. The molecule has 27 heavy (non-hydrogen) atoms. The molecule has 0 amide bonds. The van der Waals surface area contributed by atoms with Crippen molar-refractivity contribution in [3.8, 4) is 0 Å². The first-order valence-corrected chi connectivity index (χ1v) is 10.7. The van der Waals surface area contributed by atoms with Crippen molar-refractivity contribution in [1.82, 2.24) is 20.6 Å². The molecule has 0 spiro atoms. The van der Waals surface area contributed by atoms with E-state index in [1.165, 1.54) is 12.8 Å². The van der Waals surface area contributed by atoms with Gasteiger partial charge in [-0.25, -0.2) is 9.37 Å². The Kier molecular flexibility index (Phi) is 6.08. The maximum Gasteiger partial charge on any atom is 0.227 e. The number of halogens is 1. The summed E-state index contributed by atoms with van der Waals surface area (Å²) in [7, 11) is 0. The van der Waals surface area contributed by atoms with Crippen molar-refractivity contribution in [3.05, 3.63) is 11.8 Å². The largest absolute Gasteiger partial charge is 0.356 e. The lowest BCUT2D eigenvalue weighted by Crippen LogP contribution is -2.46. The molecule has 0 radical (unpaired) electrons. The van der Waals surface area contributed by atoms with E-state index in [1.807, 2.05) is 0 Å². The molecular weight excluding hydrogens is 343 g/mol. The summed E-state index contributed by atoms with van der Waals surface area (Å²) in [6, 6.07) is 2.97. The maximum atomic E-state index is 13.3. The molecule has 0 aromatic carbocycles. The second-order valence-electron chi connectivity index (χ2n) is 8.17. The molecule has 4 rings (SSSR count). The average molecular weight is 377 g/mol. The van der Waals surface area contributed by atoms with Gasteiger partial charge in [-0.05, 0) is 38.5 Å². The Labute approximate surface area is 161 Å². The molecule has 150 valence electrons. The molecule has 4 heterocycles. The molecule has 3 aliphatic heterocycles. The average Bonchev–Trinajstić information content (AvgIpc) is 3.38. The van der Waals surface area contributed by atoms with Crippen LogP contribution in [0.3, 0.4) is 0 Å². The van der Waals surface area contributed by atoms with E-state index in [0.717, 1.165) is 69.4 Å². The molecular formula is C20H33FN6. The maximum absolute atomic E-state index is 13.3. The molecule has 6 nitrogen and oxygen atoms in total. The van der Waals surface area contributed by atoms with Gasteiger partial charge in [0, 0.05) is 63.1 Å². The summed E-state index contributed by atoms with van der Waals surface area (Å²) in [5.41, 5.74) is 1.13. The minimum absolute atomic E-state index is 0.287. The smallest absolute Gasteiger partial charge is 0.227 e. The summed E-state index contributed by atoms with van der Waals surface area (Å²) >= 11 is 0. The van der Waals surface area contributed by atoms with Crippen LogP contribution in [0.15, 0.2) is 6.07 Å². The van der Waals surface area contributed by atoms with Gasteiger partial charge in [-0.1, -0.05) is 6.92 Å². The Morgan fingerprint density at radius 3 is 2.59 bits per heavy atom. The number of hydrogen-bond acceptors (Lipinski definition) is 6. The molecule has 3 saturated heterocycles. The number of alkyl halides is 1. The topological polar surface area (TPSA) is 56.3 Å². The highest BCUT2D eigenvalue weighted by molar-refractivity contribution is 5.47. The lowest BCUT2D eigenvalue weighted by Gasteiger charge is -2.34. The first kappa shape index (κ1) is 18.9. The number of piperidine rings is 1. The van der Waals surface area contributed by atoms with Gasteiger partial charge < -0.3 is 20.4 Å². The van der Waals surface area contributed by atoms with Crippen LogP contribution in [0.2, 0.25) is 0 Å². The van der Waals surface area contributed by atoms with E-state index in [0.29, 0.717) is 19.0 Å². The van der Waals surface area contributed by atoms with Crippen LogP contribution in [0, 0.1) is 0 Å². The zero-order chi connectivity index (χ0) is 18.6. The molecule has 0 aliphatic carbocycles. The molecule has 1 aromatic rings. The van der Waals surface area contributed by atoms with Crippen molar-refractivity contribution in [1.29, 1.82) is 0 Å². The predicted molar refractivity (Wildman–Crippen MR) is 107 cm³/mol. The lowest BCUT2D eigenvalue weighted by atomic mass is 10.0. The van der Waals surface area contributed by atoms with Gasteiger partial charge in [0.05, 0.1) is 0 Å². The van der Waals surface area contributed by atoms with Crippen LogP contribution in [-0.4, -0.2) is 67.5 Å². The van der Waals surface area contributed by atoms with E-state index in [-0.39, 0.29) is 6.04 Å². The van der Waals surface area contributed by atoms with Crippen LogP contribution in [-0.2, 0) is 6.42 Å². The van der Waals surface area contributed by atoms with Crippen molar-refractivity contribution in [2.24, 2.45) is 0 Å². The number of anilines is 2. The summed E-state index contributed by atoms with van der Waals surface area (Å²) in [6.07, 6.45) is 5.61. The molecule has 3 fully saturated rings. The molecule has 3 aliphatic rings. The monoisotopic (exact) mass is 376 g/mol. The van der Waals surface area contributed by atoms with Crippen molar-refractivity contribution < 1.29 is 4.39 Å². The Hall–Kier alpha value is -1.47. The minimum atomic E-state index is -0.672. The number of nitrogens with one attached hydrogen (secondary N) is 2. The van der Waals surface area contributed by atoms with Crippen molar-refractivity contribution in [2.45, 2.75) is 63.7 Å². The summed E-state index contributed by atoms with van der Waals surface area (Å²) in [4.78, 5) is 14.4. The zero-order valence-corrected chi connectivity index (χ0v) is 16.5. The van der Waals surface area contributed by atoms with E-state index in [4.69, 9.17) is 9.97 Å². The fourth-order valence-corrected chi connectivity index (χ4v) is 4.42. The molecule has 0 saturated carbocycles. The van der Waals surface area contributed by atoms with E-state index in [2.05, 4.69) is 33.4 Å². The van der Waals surface area contributed by atoms with Crippen molar-refractivity contribution in [3.63, 3.8) is 0 Å². The highest BCUT2D eigenvalue weighted by Gasteiger charge is 2.26. The van der Waals surface area contributed by atoms with Gasteiger partial charge in [-0.15, -0.1) is 0 Å². The zero-order valence-electron chi connectivity index (χ0n) is 16.5. The normalized spacial score (nSPS) is 26.9. The third-order valence-electron chi connectivity index (χ3n) is 6.15. The number of nitrogens with zero attached hydrogens (tertiary/aromatic N) is 4. The van der Waals surface area contributed by atoms with E-state index >= 15 is 0 Å². The highest BCUT2D eigenvalue weighted by atomic mass is 19.1. The fourth-order valence-electron chi connectivity index (χ4n) is 4.42. The number of aromatic nitrogens is 2. The van der Waals surface area contributed by atoms with Gasteiger partial charge in [0.1, 0.15) is 12.0 Å². The molecule has 2 N–H and O–H groups in total. The predicted octanol–water partition coefficient (Wildman–Crippen LogP) is 1.90. The molecule has 2 atom stereocenters. The molecule has 0 bridgehead atoms. The third-order valence-corrected chi connectivity index (χ3v) is 6.15. The minimum Gasteiger partial charge on any atom is -0.356 e. The Balaban J connectivity index is 1.32. The van der Waals surface area contributed by atoms with Crippen LogP contribution in [0.1, 0.15) is 44.7 Å². The Morgan fingerprint density at radius 1 is 1.15 bits per heavy atom. The number of hydrogen-bond donors (Lipinski definition) is 2. The van der Waals surface area contributed by atoms with E-state index in [9.17, 15) is 4.39 Å². The number of rotatable bonds is 6. The van der Waals surface area contributed by atoms with Crippen LogP contribution < -0.4 is 20.4 Å². The summed E-state index contributed by atoms with van der Waals surface area (Å²) in [5, 5.41) is 6.89. The fraction of sp³-hybridized carbons (Fsp3) is 0.800. The van der Waals surface area contributed by atoms with Crippen LogP contribution in [0.4, 0.5) is 16.2 Å². The Bertz CT molecular complexity index is 612. The van der Waals surface area contributed by atoms with E-state index in [1.54, 1.807) is 0 Å². The standard InChI is InChI=1S/C20H33FN6/c1-2-16-12-19(25-20(24-16)27-7-3-4-8-27)26-9-5-17(6-10-26)23-14-18-11-15(21)13-22-18/h12,15,17-18,22-23H,2-11,13-14H2,1H3. The first-order chi connectivity index (χ1) is 13.2. The van der Waals surface area contributed by atoms with Gasteiger partial charge in [0.15, 0.2) is 0 Å². The highest BCUT2D eigenvalue weighted by Crippen LogP contribution is 2.24. The van der Waals surface area contributed by atoms with Gasteiger partial charge in [0.2, 0.25) is 5.95 Å². The summed E-state index contributed by atoms with van der Waals surface area (Å²) < 4.78 is 13.3. The lowest BCUT2D eigenvalue weighted by molar-refractivity contribution is 0.347. The second kappa shape index (κ2) is 8.69. The van der Waals surface area contributed by atoms with Crippen LogP contribution >= 0.6 is 0 Å². The summed E-state index contributed by atoms with van der Waals surface area (Å²) in [6.45, 7) is 7.73.